The third-order valence-corrected chi connectivity index (χ3v) is 6.24. The van der Waals surface area contributed by atoms with E-state index in [0.29, 0.717) is 31.2 Å². The van der Waals surface area contributed by atoms with Crippen molar-refractivity contribution < 1.29 is 48.8 Å². The van der Waals surface area contributed by atoms with E-state index in [0.717, 1.165) is 5.56 Å². The van der Waals surface area contributed by atoms with Crippen molar-refractivity contribution in [2.45, 2.75) is 64.1 Å². The summed E-state index contributed by atoms with van der Waals surface area (Å²) in [6, 6.07) is 7.14. The summed E-state index contributed by atoms with van der Waals surface area (Å²) in [6.07, 6.45) is -0.0239. The van der Waals surface area contributed by atoms with Crippen LogP contribution in [0, 0.1) is 20.2 Å². The number of hydrogen-bond acceptors (Lipinski definition) is 11. The number of ether oxygens (including phenoxy) is 2. The molecule has 1 aromatic carbocycles. The molecule has 1 atom stereocenters. The van der Waals surface area contributed by atoms with Gasteiger partial charge in [0, 0.05) is 23.5 Å². The lowest BCUT2D eigenvalue weighted by Crippen LogP contribution is -2.28. The SMILES string of the molecule is COC1=C(OC)C(=O)C(C(CCC(=O)O)c2ccccc2CCCCCC(O[N+](=O)[O-])O[N+](=O)[O-])=C(C)C1=O. The van der Waals surface area contributed by atoms with Crippen LogP contribution >= 0.6 is 0 Å². The summed E-state index contributed by atoms with van der Waals surface area (Å²) in [5, 5.41) is 28.1. The van der Waals surface area contributed by atoms with Gasteiger partial charge in [-0.15, -0.1) is 20.2 Å². The molecule has 0 bridgehead atoms. The number of Topliss-reactive ketones (excluding diaryl/α,β-unsaturated/α-hetero) is 2. The maximum absolute atomic E-state index is 13.4. The van der Waals surface area contributed by atoms with Gasteiger partial charge in [0.05, 0.1) is 14.2 Å². The second-order valence-electron chi connectivity index (χ2n) is 8.63. The lowest BCUT2D eigenvalue weighted by atomic mass is 9.77. The molecule has 39 heavy (non-hydrogen) atoms. The molecule has 1 aliphatic carbocycles. The van der Waals surface area contributed by atoms with Crippen molar-refractivity contribution >= 4 is 17.5 Å². The zero-order chi connectivity index (χ0) is 29.1. The van der Waals surface area contributed by atoms with E-state index in [1.54, 1.807) is 18.2 Å². The number of rotatable bonds is 17. The molecule has 0 fully saturated rings. The second-order valence-corrected chi connectivity index (χ2v) is 8.63. The number of hydrogen-bond donors (Lipinski definition) is 1. The molecule has 0 saturated carbocycles. The van der Waals surface area contributed by atoms with Crippen LogP contribution in [0.5, 0.6) is 0 Å². The first kappa shape index (κ1) is 30.7. The first-order valence-electron chi connectivity index (χ1n) is 12.1. The number of carboxylic acids is 1. The Morgan fingerprint density at radius 1 is 0.923 bits per heavy atom. The summed E-state index contributed by atoms with van der Waals surface area (Å²) in [7, 11) is 2.50. The fraction of sp³-hybridized carbons (Fsp3) is 0.480. The average molecular weight is 551 g/mol. The molecule has 0 saturated heterocycles. The van der Waals surface area contributed by atoms with E-state index >= 15 is 0 Å². The molecule has 14 heteroatoms. The van der Waals surface area contributed by atoms with Crippen LogP contribution in [0.1, 0.15) is 62.5 Å². The molecule has 0 aromatic heterocycles. The molecule has 212 valence electrons. The zero-order valence-electron chi connectivity index (χ0n) is 21.7. The van der Waals surface area contributed by atoms with Gasteiger partial charge in [-0.3, -0.25) is 24.1 Å². The molecule has 0 spiro atoms. The topological polar surface area (TPSA) is 195 Å². The number of allylic oxidation sites excluding steroid dienone is 2. The monoisotopic (exact) mass is 550 g/mol. The highest BCUT2D eigenvalue weighted by Gasteiger charge is 2.39. The molecular formula is C25H30N2O12. The van der Waals surface area contributed by atoms with E-state index in [9.17, 15) is 39.7 Å². The van der Waals surface area contributed by atoms with Gasteiger partial charge in [0.2, 0.25) is 23.1 Å². The largest absolute Gasteiger partial charge is 0.489 e. The Labute approximate surface area is 223 Å². The Kier molecular flexibility index (Phi) is 11.4. The van der Waals surface area contributed by atoms with Gasteiger partial charge in [-0.2, -0.15) is 0 Å². The van der Waals surface area contributed by atoms with E-state index in [4.69, 9.17) is 9.47 Å². The number of benzene rings is 1. The highest BCUT2D eigenvalue weighted by molar-refractivity contribution is 6.24. The third kappa shape index (κ3) is 8.25. The third-order valence-electron chi connectivity index (χ3n) is 6.24. The predicted octanol–water partition coefficient (Wildman–Crippen LogP) is 3.45. The number of nitrogens with zero attached hydrogens (tertiary/aromatic N) is 2. The van der Waals surface area contributed by atoms with Crippen LogP contribution in [-0.4, -0.2) is 53.3 Å². The van der Waals surface area contributed by atoms with Gasteiger partial charge in [0.15, 0.2) is 0 Å². The molecule has 0 radical (unpaired) electrons. The predicted molar refractivity (Wildman–Crippen MR) is 132 cm³/mol. The van der Waals surface area contributed by atoms with Crippen molar-refractivity contribution in [1.82, 2.24) is 0 Å². The Bertz CT molecular complexity index is 1160. The van der Waals surface area contributed by atoms with Gasteiger partial charge in [-0.05, 0) is 50.2 Å². The fourth-order valence-corrected chi connectivity index (χ4v) is 4.53. The standard InChI is InChI=1S/C25H30N2O12/c1-15-21(23(31)25(37-3)24(36-2)22(15)30)18(13-14-19(28)29)17-11-8-7-10-16(17)9-5-4-6-12-20(38-26(32)33)39-27(34)35/h7-8,10-11,18,20H,4-6,9,12-14H2,1-3H3,(H,28,29). The smallest absolute Gasteiger partial charge is 0.303 e. The number of carbonyl (C=O) groups is 3. The van der Waals surface area contributed by atoms with E-state index in [1.807, 2.05) is 6.07 Å². The lowest BCUT2D eigenvalue weighted by Gasteiger charge is -2.28. The minimum atomic E-state index is -1.63. The molecule has 0 amide bonds. The van der Waals surface area contributed by atoms with Gasteiger partial charge in [-0.25, -0.2) is 0 Å². The van der Waals surface area contributed by atoms with Crippen molar-refractivity contribution in [1.29, 1.82) is 0 Å². The minimum Gasteiger partial charge on any atom is -0.489 e. The van der Waals surface area contributed by atoms with Crippen LogP contribution in [0.4, 0.5) is 0 Å². The second kappa shape index (κ2) is 14.4. The maximum Gasteiger partial charge on any atom is 0.303 e. The number of aryl methyl sites for hydroxylation is 1. The molecule has 2 rings (SSSR count). The summed E-state index contributed by atoms with van der Waals surface area (Å²) in [6.45, 7) is 1.49. The molecule has 0 aliphatic heterocycles. The van der Waals surface area contributed by atoms with Crippen LogP contribution < -0.4 is 0 Å². The lowest BCUT2D eigenvalue weighted by molar-refractivity contribution is -0.851. The fourth-order valence-electron chi connectivity index (χ4n) is 4.53. The van der Waals surface area contributed by atoms with Crippen molar-refractivity contribution in [2.75, 3.05) is 14.2 Å². The summed E-state index contributed by atoms with van der Waals surface area (Å²) < 4.78 is 10.3. The molecular weight excluding hydrogens is 520 g/mol. The van der Waals surface area contributed by atoms with Crippen molar-refractivity contribution in [3.05, 3.63) is 78.3 Å². The Morgan fingerprint density at radius 3 is 2.08 bits per heavy atom. The van der Waals surface area contributed by atoms with Crippen LogP contribution in [0.25, 0.3) is 0 Å². The summed E-state index contributed by atoms with van der Waals surface area (Å²) in [4.78, 5) is 67.2. The van der Waals surface area contributed by atoms with Crippen LogP contribution in [0.15, 0.2) is 46.9 Å². The van der Waals surface area contributed by atoms with Crippen LogP contribution in [0.3, 0.4) is 0 Å². The number of unbranched alkanes of at least 4 members (excludes halogenated alkanes) is 2. The Balaban J connectivity index is 2.28. The van der Waals surface area contributed by atoms with Gasteiger partial charge < -0.3 is 14.6 Å². The molecule has 1 aliphatic rings. The van der Waals surface area contributed by atoms with Gasteiger partial charge in [-0.1, -0.05) is 30.7 Å². The Hall–Kier alpha value is -4.49. The molecule has 0 heterocycles. The van der Waals surface area contributed by atoms with Crippen molar-refractivity contribution in [3.63, 3.8) is 0 Å². The van der Waals surface area contributed by atoms with E-state index < -0.39 is 39.9 Å². The maximum atomic E-state index is 13.4. The van der Waals surface area contributed by atoms with Crippen molar-refractivity contribution in [3.8, 4) is 0 Å². The highest BCUT2D eigenvalue weighted by Crippen LogP contribution is 2.39. The van der Waals surface area contributed by atoms with Crippen molar-refractivity contribution in [2.24, 2.45) is 0 Å². The van der Waals surface area contributed by atoms with Gasteiger partial charge in [0.1, 0.15) is 0 Å². The van der Waals surface area contributed by atoms with Crippen LogP contribution in [-0.2, 0) is 40.0 Å². The average Bonchev–Trinajstić information content (AvgIpc) is 2.87. The number of carboxylic acid groups (broad SMARTS) is 1. The molecule has 1 aromatic rings. The highest BCUT2D eigenvalue weighted by atomic mass is 17.0. The number of methoxy groups -OCH3 is 2. The van der Waals surface area contributed by atoms with E-state index in [2.05, 4.69) is 9.68 Å². The number of ketones is 2. The minimum absolute atomic E-state index is 0.0511. The normalized spacial score (nSPS) is 14.4. The van der Waals surface area contributed by atoms with E-state index in [1.165, 1.54) is 21.1 Å². The summed E-state index contributed by atoms with van der Waals surface area (Å²) in [5.74, 6) is -3.32. The molecule has 1 unspecified atom stereocenters. The van der Waals surface area contributed by atoms with Crippen LogP contribution in [0.2, 0.25) is 0 Å². The number of aliphatic carboxylic acids is 1. The number of carbonyl (C=O) groups excluding carboxylic acids is 2. The first-order valence-corrected chi connectivity index (χ1v) is 12.1. The Morgan fingerprint density at radius 2 is 1.51 bits per heavy atom. The quantitative estimate of drug-likeness (QED) is 0.0977. The zero-order valence-corrected chi connectivity index (χ0v) is 21.7. The first-order chi connectivity index (χ1) is 18.5. The summed E-state index contributed by atoms with van der Waals surface area (Å²) in [5.41, 5.74) is 1.78. The molecule has 14 nitrogen and oxygen atoms in total. The van der Waals surface area contributed by atoms with Gasteiger partial charge in [0.25, 0.3) is 16.5 Å². The van der Waals surface area contributed by atoms with E-state index in [-0.39, 0.29) is 41.9 Å². The summed E-state index contributed by atoms with van der Waals surface area (Å²) >= 11 is 0. The molecule has 1 N–H and O–H groups in total. The van der Waals surface area contributed by atoms with Gasteiger partial charge >= 0.3 is 5.97 Å².